The van der Waals surface area contributed by atoms with Gasteiger partial charge in [0.05, 0.1) is 47.2 Å². The lowest BCUT2D eigenvalue weighted by atomic mass is 9.70. The molecule has 0 atom stereocenters. The van der Waals surface area contributed by atoms with Crippen molar-refractivity contribution in [1.82, 2.24) is 0 Å². The molecule has 0 N–H and O–H groups in total. The Bertz CT molecular complexity index is 2900. The molecular weight excluding hydrogens is 1060 g/mol. The van der Waals surface area contributed by atoms with Crippen molar-refractivity contribution in [2.45, 2.75) is 166 Å². The maximum Gasteiger partial charge on any atom is 0.330 e. The molecule has 0 aliphatic heterocycles. The molecule has 0 spiro atoms. The van der Waals surface area contributed by atoms with Gasteiger partial charge in [0.15, 0.2) is 11.5 Å². The van der Waals surface area contributed by atoms with Gasteiger partial charge in [-0.2, -0.15) is 0 Å². The van der Waals surface area contributed by atoms with Gasteiger partial charge in [0.1, 0.15) is 5.75 Å². The van der Waals surface area contributed by atoms with Gasteiger partial charge >= 0.3 is 23.9 Å². The van der Waals surface area contributed by atoms with Crippen LogP contribution in [0.15, 0.2) is 122 Å². The van der Waals surface area contributed by atoms with Crippen molar-refractivity contribution in [3.63, 3.8) is 0 Å². The van der Waals surface area contributed by atoms with Crippen LogP contribution in [0.25, 0.3) is 41.1 Å². The number of thiophene rings is 2. The van der Waals surface area contributed by atoms with Crippen molar-refractivity contribution in [3.05, 3.63) is 128 Å². The Morgan fingerprint density at radius 3 is 1.34 bits per heavy atom. The third-order valence-electron chi connectivity index (χ3n) is 17.3. The van der Waals surface area contributed by atoms with Crippen LogP contribution in [0.4, 0.5) is 0 Å². The van der Waals surface area contributed by atoms with Gasteiger partial charge in [0, 0.05) is 39.3 Å². The van der Waals surface area contributed by atoms with Gasteiger partial charge in [-0.05, 0) is 161 Å². The van der Waals surface area contributed by atoms with Crippen LogP contribution in [0, 0.1) is 23.7 Å². The van der Waals surface area contributed by atoms with Gasteiger partial charge in [0.25, 0.3) is 0 Å². The third kappa shape index (κ3) is 17.0. The molecule has 436 valence electrons. The number of hydrogen-bond donors (Lipinski definition) is 0. The van der Waals surface area contributed by atoms with E-state index in [1.54, 1.807) is 22.7 Å². The molecule has 3 aliphatic rings. The van der Waals surface area contributed by atoms with Gasteiger partial charge in [-0.25, -0.2) is 9.59 Å². The average molecular weight is 1150 g/mol. The van der Waals surface area contributed by atoms with E-state index in [4.69, 9.17) is 28.4 Å². The number of esters is 4. The van der Waals surface area contributed by atoms with Crippen LogP contribution in [0.2, 0.25) is 0 Å². The molecule has 2 aromatic heterocycles. The highest BCUT2D eigenvalue weighted by Gasteiger charge is 2.36. The molecule has 0 radical (unpaired) electrons. The standard InChI is InChI=1S/C70H84O10S2/c1-3-63(71)77-45-21-11-7-5-9-19-43-75-57-39-35-51(36-40-57)49-27-31-55(32-28-49)69(73)79-65-59-47-61(53-23-15-13-16-24-53)82-68(59)66(60-48-62(81-67(60)65)54-25-17-14-18-26-54)80-70(74)56-33-29-50(30-34-56)52-37-41-58(42-38-52)76-44-20-10-6-8-12-22-46-78-64(72)4-2/h3-4,13-18,23-26,35-36,39-40,47-50,52,55-56,58H,1-2,5-12,19-22,27-34,37-38,41-46H2. The molecule has 82 heavy (non-hydrogen) atoms. The fourth-order valence-corrected chi connectivity index (χ4v) is 14.9. The largest absolute Gasteiger partial charge is 0.494 e. The molecule has 0 saturated heterocycles. The molecular formula is C70H84O10S2. The minimum absolute atomic E-state index is 0.167. The molecule has 9 rings (SSSR count). The van der Waals surface area contributed by atoms with Crippen LogP contribution < -0.4 is 14.2 Å². The number of benzene rings is 4. The summed E-state index contributed by atoms with van der Waals surface area (Å²) in [6.07, 6.45) is 27.2. The van der Waals surface area contributed by atoms with Crippen molar-refractivity contribution in [2.24, 2.45) is 23.7 Å². The molecule has 3 fully saturated rings. The Hall–Kier alpha value is -6.08. The Morgan fingerprint density at radius 2 is 0.878 bits per heavy atom. The summed E-state index contributed by atoms with van der Waals surface area (Å²) in [5.74, 6) is 2.16. The van der Waals surface area contributed by atoms with E-state index in [1.165, 1.54) is 37.0 Å². The van der Waals surface area contributed by atoms with Crippen LogP contribution >= 0.6 is 22.7 Å². The monoisotopic (exact) mass is 1150 g/mol. The zero-order valence-corrected chi connectivity index (χ0v) is 49.6. The summed E-state index contributed by atoms with van der Waals surface area (Å²) in [7, 11) is 0. The minimum Gasteiger partial charge on any atom is -0.494 e. The molecule has 6 aromatic rings. The van der Waals surface area contributed by atoms with Crippen LogP contribution in [0.5, 0.6) is 17.2 Å². The fourth-order valence-electron chi connectivity index (χ4n) is 12.5. The zero-order chi connectivity index (χ0) is 56.9. The maximum atomic E-state index is 14.6. The predicted molar refractivity (Wildman–Crippen MR) is 331 cm³/mol. The number of rotatable bonds is 30. The van der Waals surface area contributed by atoms with Crippen molar-refractivity contribution in [2.75, 3.05) is 26.4 Å². The van der Waals surface area contributed by atoms with E-state index in [-0.39, 0.29) is 35.7 Å². The van der Waals surface area contributed by atoms with Crippen LogP contribution in [0.3, 0.4) is 0 Å². The SMILES string of the molecule is C=CC(=O)OCCCCCCCCOc1ccc(C2CCC(C(=O)Oc3c4cc(-c5ccccc5)sc4c(OC(=O)C4CCC(C5CCC(OCCCCCCCCOC(=O)C=C)CC5)CC4)c4cc(-c5ccccc5)sc34)CC2)cc1. The van der Waals surface area contributed by atoms with E-state index in [2.05, 4.69) is 73.8 Å². The van der Waals surface area contributed by atoms with Crippen LogP contribution in [-0.4, -0.2) is 56.4 Å². The molecule has 4 aromatic carbocycles. The lowest BCUT2D eigenvalue weighted by Crippen LogP contribution is -2.31. The first-order valence-corrected chi connectivity index (χ1v) is 32.4. The molecule has 3 saturated carbocycles. The lowest BCUT2D eigenvalue weighted by molar-refractivity contribution is -0.141. The molecule has 0 amide bonds. The normalized spacial score (nSPS) is 20.0. The molecule has 0 unspecified atom stereocenters. The zero-order valence-electron chi connectivity index (χ0n) is 48.0. The maximum absolute atomic E-state index is 14.6. The number of ether oxygens (including phenoxy) is 6. The highest BCUT2D eigenvalue weighted by Crippen LogP contribution is 2.53. The Labute approximate surface area is 494 Å². The summed E-state index contributed by atoms with van der Waals surface area (Å²) in [6, 6.07) is 33.3. The van der Waals surface area contributed by atoms with E-state index in [9.17, 15) is 19.2 Å². The van der Waals surface area contributed by atoms with Gasteiger partial charge in [-0.15, -0.1) is 22.7 Å². The number of hydrogen-bond acceptors (Lipinski definition) is 12. The molecule has 3 aliphatic carbocycles. The minimum atomic E-state index is -0.358. The van der Waals surface area contributed by atoms with E-state index in [1.807, 2.05) is 36.4 Å². The Balaban J connectivity index is 0.798. The fraction of sp³-hybridized carbons (Fsp3) is 0.486. The highest BCUT2D eigenvalue weighted by molar-refractivity contribution is 7.24. The van der Waals surface area contributed by atoms with Gasteiger partial charge in [0.2, 0.25) is 0 Å². The van der Waals surface area contributed by atoms with Crippen molar-refractivity contribution >= 4 is 66.7 Å². The molecule has 2 heterocycles. The lowest BCUT2D eigenvalue weighted by Gasteiger charge is -2.37. The first-order chi connectivity index (χ1) is 40.2. The number of carbonyl (C=O) groups is 4. The van der Waals surface area contributed by atoms with Crippen molar-refractivity contribution in [3.8, 4) is 38.1 Å². The second-order valence-electron chi connectivity index (χ2n) is 22.9. The van der Waals surface area contributed by atoms with E-state index >= 15 is 0 Å². The van der Waals surface area contributed by atoms with E-state index in [0.29, 0.717) is 55.2 Å². The summed E-state index contributed by atoms with van der Waals surface area (Å²) in [5, 5.41) is 1.60. The second kappa shape index (κ2) is 31.5. The van der Waals surface area contributed by atoms with Gasteiger partial charge in [-0.3, -0.25) is 9.59 Å². The van der Waals surface area contributed by atoms with Crippen molar-refractivity contribution in [1.29, 1.82) is 0 Å². The summed E-state index contributed by atoms with van der Waals surface area (Å²) in [4.78, 5) is 53.6. The van der Waals surface area contributed by atoms with Crippen molar-refractivity contribution < 1.29 is 47.6 Å². The van der Waals surface area contributed by atoms with E-state index < -0.39 is 0 Å². The summed E-state index contributed by atoms with van der Waals surface area (Å²) < 4.78 is 37.7. The Morgan fingerprint density at radius 1 is 0.463 bits per heavy atom. The highest BCUT2D eigenvalue weighted by atomic mass is 32.1. The first kappa shape index (κ1) is 60.5. The molecule has 10 nitrogen and oxygen atoms in total. The number of carbonyl (C=O) groups excluding carboxylic acids is 4. The smallest absolute Gasteiger partial charge is 0.330 e. The van der Waals surface area contributed by atoms with E-state index in [0.717, 1.165) is 188 Å². The topological polar surface area (TPSA) is 124 Å². The molecule has 12 heteroatoms. The van der Waals surface area contributed by atoms with Gasteiger partial charge < -0.3 is 28.4 Å². The summed E-state index contributed by atoms with van der Waals surface area (Å²) in [5.41, 5.74) is 3.38. The van der Waals surface area contributed by atoms with Crippen LogP contribution in [0.1, 0.15) is 166 Å². The summed E-state index contributed by atoms with van der Waals surface area (Å²) in [6.45, 7) is 9.29. The number of unbranched alkanes of at least 4 members (excludes halogenated alkanes) is 10. The second-order valence-corrected chi connectivity index (χ2v) is 25.0. The first-order valence-electron chi connectivity index (χ1n) is 30.7. The third-order valence-corrected chi connectivity index (χ3v) is 19.7. The average Bonchev–Trinajstić information content (AvgIpc) is 4.25. The molecule has 0 bridgehead atoms. The number of fused-ring (bicyclic) bond motifs is 2. The van der Waals surface area contributed by atoms with Crippen LogP contribution in [-0.2, 0) is 33.4 Å². The summed E-state index contributed by atoms with van der Waals surface area (Å²) >= 11 is 3.18. The quantitative estimate of drug-likeness (QED) is 0.0186. The Kier molecular flexibility index (Phi) is 23.3. The van der Waals surface area contributed by atoms with Gasteiger partial charge in [-0.1, -0.05) is 137 Å². The predicted octanol–water partition coefficient (Wildman–Crippen LogP) is 18.1.